The molecule has 0 aromatic heterocycles. The van der Waals surface area contributed by atoms with E-state index in [1.165, 1.54) is 55.6 Å². The molecule has 0 saturated heterocycles. The molecule has 0 saturated carbocycles. The van der Waals surface area contributed by atoms with Crippen molar-refractivity contribution in [2.45, 2.75) is 24.8 Å². The van der Waals surface area contributed by atoms with Gasteiger partial charge in [-0.15, -0.1) is 0 Å². The Hall–Kier alpha value is -2.95. The van der Waals surface area contributed by atoms with Crippen LogP contribution in [-0.4, -0.2) is 56.9 Å². The summed E-state index contributed by atoms with van der Waals surface area (Å²) >= 11 is 5.75. The third-order valence-electron chi connectivity index (χ3n) is 3.98. The summed E-state index contributed by atoms with van der Waals surface area (Å²) in [5, 5.41) is 2.88. The number of likely N-dealkylation sites (N-methyl/N-ethyl adjacent to an activating group) is 1. The zero-order chi connectivity index (χ0) is 23.9. The van der Waals surface area contributed by atoms with Gasteiger partial charge in [0.2, 0.25) is 10.0 Å². The lowest BCUT2D eigenvalue weighted by atomic mass is 10.2. The number of amides is 1. The summed E-state index contributed by atoms with van der Waals surface area (Å²) in [7, 11) is -2.70. The molecule has 0 atom stereocenters. The molecule has 32 heavy (non-hydrogen) atoms. The van der Waals surface area contributed by atoms with Gasteiger partial charge in [0.05, 0.1) is 16.6 Å². The van der Waals surface area contributed by atoms with Crippen molar-refractivity contribution in [2.24, 2.45) is 0 Å². The third-order valence-corrected chi connectivity index (χ3v) is 6.05. The molecule has 9 nitrogen and oxygen atoms in total. The number of halogens is 1. The molecule has 1 N–H and O–H groups in total. The molecule has 0 radical (unpaired) electrons. The quantitative estimate of drug-likeness (QED) is 0.545. The van der Waals surface area contributed by atoms with E-state index in [-0.39, 0.29) is 11.0 Å². The lowest BCUT2D eigenvalue weighted by Crippen LogP contribution is -2.34. The van der Waals surface area contributed by atoms with Crippen LogP contribution in [0.3, 0.4) is 0 Å². The fourth-order valence-corrected chi connectivity index (χ4v) is 3.66. The van der Waals surface area contributed by atoms with Crippen LogP contribution < -0.4 is 5.32 Å². The molecule has 0 aliphatic carbocycles. The van der Waals surface area contributed by atoms with Crippen LogP contribution in [0.25, 0.3) is 0 Å². The SMILES string of the molecule is CC(C)OC(=O)c1ccc(NC(=O)COC(=O)CN(C)S(=O)(=O)c2ccc(Cl)cc2)cc1. The smallest absolute Gasteiger partial charge is 0.338 e. The van der Waals surface area contributed by atoms with E-state index in [9.17, 15) is 22.8 Å². The number of ether oxygens (including phenoxy) is 2. The number of nitrogens with zero attached hydrogens (tertiary/aromatic N) is 1. The van der Waals surface area contributed by atoms with Gasteiger partial charge in [0.15, 0.2) is 6.61 Å². The topological polar surface area (TPSA) is 119 Å². The average molecular weight is 483 g/mol. The van der Waals surface area contributed by atoms with Gasteiger partial charge in [-0.25, -0.2) is 13.2 Å². The molecule has 0 heterocycles. The van der Waals surface area contributed by atoms with Crippen molar-refractivity contribution in [1.82, 2.24) is 4.31 Å². The molecule has 0 aliphatic heterocycles. The van der Waals surface area contributed by atoms with Crippen molar-refractivity contribution >= 4 is 45.2 Å². The molecular formula is C21H23ClN2O7S. The predicted octanol–water partition coefficient (Wildman–Crippen LogP) is 2.71. The number of benzene rings is 2. The Morgan fingerprint density at radius 3 is 2.19 bits per heavy atom. The number of nitrogens with one attached hydrogen (secondary N) is 1. The molecule has 0 unspecified atom stereocenters. The van der Waals surface area contributed by atoms with Crippen LogP contribution in [0.15, 0.2) is 53.4 Å². The van der Waals surface area contributed by atoms with E-state index in [0.717, 1.165) is 4.31 Å². The van der Waals surface area contributed by atoms with Crippen LogP contribution in [-0.2, 0) is 29.1 Å². The second-order valence-corrected chi connectivity index (χ2v) is 9.44. The standard InChI is InChI=1S/C21H23ClN2O7S/c1-14(2)31-21(27)15-4-8-17(9-5-15)23-19(25)13-30-20(26)12-24(3)32(28,29)18-10-6-16(22)7-11-18/h4-11,14H,12-13H2,1-3H3,(H,23,25). The second kappa shape index (κ2) is 11.1. The molecule has 0 bridgehead atoms. The number of sulfonamides is 1. The number of carbonyl (C=O) groups is 3. The Balaban J connectivity index is 1.84. The molecule has 2 aromatic carbocycles. The maximum atomic E-state index is 12.5. The molecule has 2 aromatic rings. The minimum Gasteiger partial charge on any atom is -0.459 e. The lowest BCUT2D eigenvalue weighted by Gasteiger charge is -2.16. The van der Waals surface area contributed by atoms with Gasteiger partial charge < -0.3 is 14.8 Å². The first kappa shape index (κ1) is 25.3. The zero-order valence-electron chi connectivity index (χ0n) is 17.7. The van der Waals surface area contributed by atoms with E-state index in [0.29, 0.717) is 16.3 Å². The van der Waals surface area contributed by atoms with Gasteiger partial charge in [-0.1, -0.05) is 11.6 Å². The van der Waals surface area contributed by atoms with Gasteiger partial charge in [-0.3, -0.25) is 9.59 Å². The van der Waals surface area contributed by atoms with Crippen molar-refractivity contribution in [3.8, 4) is 0 Å². The first-order chi connectivity index (χ1) is 15.0. The van der Waals surface area contributed by atoms with Gasteiger partial charge in [-0.2, -0.15) is 4.31 Å². The van der Waals surface area contributed by atoms with Crippen LogP contribution in [0.4, 0.5) is 5.69 Å². The highest BCUT2D eigenvalue weighted by atomic mass is 35.5. The number of esters is 2. The van der Waals surface area contributed by atoms with Gasteiger partial charge in [0.25, 0.3) is 5.91 Å². The van der Waals surface area contributed by atoms with Crippen LogP contribution in [0.1, 0.15) is 24.2 Å². The summed E-state index contributed by atoms with van der Waals surface area (Å²) in [6.45, 7) is 2.28. The molecule has 11 heteroatoms. The summed E-state index contributed by atoms with van der Waals surface area (Å²) in [6, 6.07) is 11.5. The largest absolute Gasteiger partial charge is 0.459 e. The first-order valence-corrected chi connectivity index (χ1v) is 11.3. The van der Waals surface area contributed by atoms with Crippen LogP contribution in [0.2, 0.25) is 5.02 Å². The monoisotopic (exact) mass is 482 g/mol. The zero-order valence-corrected chi connectivity index (χ0v) is 19.3. The Bertz CT molecular complexity index is 1070. The molecule has 2 rings (SSSR count). The number of hydrogen-bond donors (Lipinski definition) is 1. The highest BCUT2D eigenvalue weighted by molar-refractivity contribution is 7.89. The molecule has 0 fully saturated rings. The van der Waals surface area contributed by atoms with E-state index < -0.39 is 41.0 Å². The van der Waals surface area contributed by atoms with Gasteiger partial charge in [-0.05, 0) is 62.4 Å². The highest BCUT2D eigenvalue weighted by Gasteiger charge is 2.24. The molecular weight excluding hydrogens is 460 g/mol. The molecule has 0 spiro atoms. The van der Waals surface area contributed by atoms with E-state index in [4.69, 9.17) is 21.1 Å². The van der Waals surface area contributed by atoms with Crippen molar-refractivity contribution < 1.29 is 32.3 Å². The Kier molecular flexibility index (Phi) is 8.76. The summed E-state index contributed by atoms with van der Waals surface area (Å²) < 4.78 is 35.6. The molecule has 1 amide bonds. The highest BCUT2D eigenvalue weighted by Crippen LogP contribution is 2.17. The fourth-order valence-electron chi connectivity index (χ4n) is 2.41. The van der Waals surface area contributed by atoms with Crippen LogP contribution in [0, 0.1) is 0 Å². The van der Waals surface area contributed by atoms with Crippen LogP contribution in [0.5, 0.6) is 0 Å². The van der Waals surface area contributed by atoms with Crippen molar-refractivity contribution in [2.75, 3.05) is 25.5 Å². The Labute approximate surface area is 191 Å². The van der Waals surface area contributed by atoms with Gasteiger partial charge in [0, 0.05) is 17.8 Å². The Morgan fingerprint density at radius 2 is 1.62 bits per heavy atom. The fraction of sp³-hybridized carbons (Fsp3) is 0.286. The third kappa shape index (κ3) is 7.33. The summed E-state index contributed by atoms with van der Waals surface area (Å²) in [5.74, 6) is -2.00. The van der Waals surface area contributed by atoms with Crippen LogP contribution >= 0.6 is 11.6 Å². The van der Waals surface area contributed by atoms with Crippen molar-refractivity contribution in [3.05, 3.63) is 59.1 Å². The number of anilines is 1. The number of rotatable bonds is 9. The van der Waals surface area contributed by atoms with Crippen molar-refractivity contribution in [3.63, 3.8) is 0 Å². The maximum absolute atomic E-state index is 12.5. The van der Waals surface area contributed by atoms with E-state index >= 15 is 0 Å². The van der Waals surface area contributed by atoms with Gasteiger partial charge in [0.1, 0.15) is 6.54 Å². The molecule has 0 aliphatic rings. The average Bonchev–Trinajstić information content (AvgIpc) is 2.72. The summed E-state index contributed by atoms with van der Waals surface area (Å²) in [5.41, 5.74) is 0.711. The van der Waals surface area contributed by atoms with E-state index in [1.807, 2.05) is 0 Å². The summed E-state index contributed by atoms with van der Waals surface area (Å²) in [6.07, 6.45) is -0.253. The van der Waals surface area contributed by atoms with E-state index in [2.05, 4.69) is 5.32 Å². The molecule has 172 valence electrons. The number of hydrogen-bond acceptors (Lipinski definition) is 7. The minimum absolute atomic E-state index is 0.0318. The van der Waals surface area contributed by atoms with E-state index in [1.54, 1.807) is 13.8 Å². The number of carbonyl (C=O) groups excluding carboxylic acids is 3. The predicted molar refractivity (Wildman–Crippen MR) is 118 cm³/mol. The Morgan fingerprint density at radius 1 is 1.03 bits per heavy atom. The summed E-state index contributed by atoms with van der Waals surface area (Å²) in [4.78, 5) is 35.7. The normalized spacial score (nSPS) is 11.3. The van der Waals surface area contributed by atoms with Gasteiger partial charge >= 0.3 is 11.9 Å². The minimum atomic E-state index is -3.92. The second-order valence-electron chi connectivity index (χ2n) is 6.96. The van der Waals surface area contributed by atoms with Crippen molar-refractivity contribution in [1.29, 1.82) is 0 Å². The lowest BCUT2D eigenvalue weighted by molar-refractivity contribution is -0.147. The first-order valence-electron chi connectivity index (χ1n) is 9.47. The maximum Gasteiger partial charge on any atom is 0.338 e.